The smallest absolute Gasteiger partial charge is 0.0727 e. The Hall–Kier alpha value is -0.930. The van der Waals surface area contributed by atoms with E-state index in [4.69, 9.17) is 5.11 Å². The molecule has 0 aliphatic rings. The molecule has 0 aliphatic heterocycles. The molecule has 0 aliphatic carbocycles. The Morgan fingerprint density at radius 1 is 1.64 bits per heavy atom. The molecule has 2 N–H and O–H groups in total. The Balaban J connectivity index is 2.74. The molecule has 1 aromatic heterocycles. The number of nitrogens with one attached hydrogen (secondary N) is 1. The summed E-state index contributed by atoms with van der Waals surface area (Å²) >= 11 is 0. The summed E-state index contributed by atoms with van der Waals surface area (Å²) in [5.74, 6) is 0. The lowest BCUT2D eigenvalue weighted by Gasteiger charge is -2.10. The van der Waals surface area contributed by atoms with Gasteiger partial charge < -0.3 is 10.4 Å². The molecular weight excluding hydrogens is 140 g/mol. The molecule has 3 heteroatoms. The van der Waals surface area contributed by atoms with Gasteiger partial charge in [-0.05, 0) is 19.2 Å². The van der Waals surface area contributed by atoms with Crippen LogP contribution < -0.4 is 5.32 Å². The number of aromatic nitrogens is 1. The van der Waals surface area contributed by atoms with Crippen LogP contribution in [0, 0.1) is 0 Å². The number of aliphatic hydroxyl groups excluding tert-OH is 1. The van der Waals surface area contributed by atoms with Crippen LogP contribution in [-0.2, 0) is 0 Å². The van der Waals surface area contributed by atoms with Crippen LogP contribution in [0.3, 0.4) is 0 Å². The molecule has 0 aromatic carbocycles. The minimum Gasteiger partial charge on any atom is -0.394 e. The largest absolute Gasteiger partial charge is 0.394 e. The van der Waals surface area contributed by atoms with E-state index in [-0.39, 0.29) is 12.6 Å². The second-order valence-electron chi connectivity index (χ2n) is 2.28. The van der Waals surface area contributed by atoms with Crippen LogP contribution in [0.25, 0.3) is 0 Å². The van der Waals surface area contributed by atoms with Gasteiger partial charge in [-0.1, -0.05) is 6.07 Å². The monoisotopic (exact) mass is 152 g/mol. The van der Waals surface area contributed by atoms with Crippen molar-refractivity contribution in [3.8, 4) is 0 Å². The first kappa shape index (κ1) is 8.17. The Morgan fingerprint density at radius 3 is 2.91 bits per heavy atom. The molecule has 0 saturated carbocycles. The second-order valence-corrected chi connectivity index (χ2v) is 2.28. The number of aliphatic hydroxyl groups is 1. The molecule has 1 atom stereocenters. The molecule has 0 saturated heterocycles. The van der Waals surface area contributed by atoms with E-state index in [1.54, 1.807) is 13.2 Å². The van der Waals surface area contributed by atoms with Crippen LogP contribution in [-0.4, -0.2) is 23.7 Å². The van der Waals surface area contributed by atoms with Crippen molar-refractivity contribution in [2.45, 2.75) is 6.04 Å². The standard InChI is InChI=1S/C8H12N2O/c1-9-8(6-11)7-4-2-3-5-10-7/h2-5,8-9,11H,6H2,1H3/t8-/m1/s1. The number of hydrogen-bond donors (Lipinski definition) is 2. The quantitative estimate of drug-likeness (QED) is 0.656. The fraction of sp³-hybridized carbons (Fsp3) is 0.375. The first-order valence-electron chi connectivity index (χ1n) is 3.57. The van der Waals surface area contributed by atoms with Gasteiger partial charge in [0.25, 0.3) is 0 Å². The third-order valence-corrected chi connectivity index (χ3v) is 1.58. The van der Waals surface area contributed by atoms with Crippen LogP contribution in [0.5, 0.6) is 0 Å². The lowest BCUT2D eigenvalue weighted by atomic mass is 10.2. The van der Waals surface area contributed by atoms with Gasteiger partial charge in [-0.3, -0.25) is 4.98 Å². The third-order valence-electron chi connectivity index (χ3n) is 1.58. The van der Waals surface area contributed by atoms with Gasteiger partial charge in [0.15, 0.2) is 0 Å². The third kappa shape index (κ3) is 2.00. The van der Waals surface area contributed by atoms with Gasteiger partial charge in [-0.2, -0.15) is 0 Å². The van der Waals surface area contributed by atoms with Crippen molar-refractivity contribution >= 4 is 0 Å². The van der Waals surface area contributed by atoms with Crippen molar-refractivity contribution in [1.29, 1.82) is 0 Å². The van der Waals surface area contributed by atoms with E-state index in [1.165, 1.54) is 0 Å². The van der Waals surface area contributed by atoms with Crippen molar-refractivity contribution in [3.63, 3.8) is 0 Å². The van der Waals surface area contributed by atoms with Gasteiger partial charge in [-0.15, -0.1) is 0 Å². The summed E-state index contributed by atoms with van der Waals surface area (Å²) in [6, 6.07) is 5.60. The van der Waals surface area contributed by atoms with E-state index in [2.05, 4.69) is 10.3 Å². The van der Waals surface area contributed by atoms with E-state index in [1.807, 2.05) is 18.2 Å². The highest BCUT2D eigenvalue weighted by atomic mass is 16.3. The van der Waals surface area contributed by atoms with Crippen LogP contribution in [0.1, 0.15) is 11.7 Å². The van der Waals surface area contributed by atoms with Gasteiger partial charge in [-0.25, -0.2) is 0 Å². The van der Waals surface area contributed by atoms with Crippen LogP contribution in [0.2, 0.25) is 0 Å². The first-order valence-corrected chi connectivity index (χ1v) is 3.57. The predicted molar refractivity (Wildman–Crippen MR) is 43.1 cm³/mol. The SMILES string of the molecule is CN[C@H](CO)c1ccccn1. The number of hydrogen-bond acceptors (Lipinski definition) is 3. The van der Waals surface area contributed by atoms with Gasteiger partial charge in [0, 0.05) is 6.20 Å². The molecule has 11 heavy (non-hydrogen) atoms. The Kier molecular flexibility index (Phi) is 3.01. The van der Waals surface area contributed by atoms with E-state index < -0.39 is 0 Å². The molecule has 1 heterocycles. The van der Waals surface area contributed by atoms with Gasteiger partial charge in [0.1, 0.15) is 0 Å². The maximum absolute atomic E-state index is 8.88. The second kappa shape index (κ2) is 4.05. The topological polar surface area (TPSA) is 45.1 Å². The molecule has 0 unspecified atom stereocenters. The summed E-state index contributed by atoms with van der Waals surface area (Å²) < 4.78 is 0. The van der Waals surface area contributed by atoms with Crippen molar-refractivity contribution in [2.24, 2.45) is 0 Å². The van der Waals surface area contributed by atoms with E-state index in [0.717, 1.165) is 5.69 Å². The van der Waals surface area contributed by atoms with Gasteiger partial charge in [0.2, 0.25) is 0 Å². The number of pyridine rings is 1. The summed E-state index contributed by atoms with van der Waals surface area (Å²) in [6.07, 6.45) is 1.72. The van der Waals surface area contributed by atoms with Crippen molar-refractivity contribution < 1.29 is 5.11 Å². The normalized spacial score (nSPS) is 12.9. The maximum atomic E-state index is 8.88. The van der Waals surface area contributed by atoms with Crippen molar-refractivity contribution in [3.05, 3.63) is 30.1 Å². The van der Waals surface area contributed by atoms with Crippen molar-refractivity contribution in [1.82, 2.24) is 10.3 Å². The highest BCUT2D eigenvalue weighted by Gasteiger charge is 2.06. The molecular formula is C8H12N2O. The average Bonchev–Trinajstić information content (AvgIpc) is 2.09. The van der Waals surface area contributed by atoms with Crippen LogP contribution >= 0.6 is 0 Å². The molecule has 1 rings (SSSR count). The van der Waals surface area contributed by atoms with Gasteiger partial charge in [0.05, 0.1) is 18.3 Å². The van der Waals surface area contributed by atoms with Crippen molar-refractivity contribution in [2.75, 3.05) is 13.7 Å². The zero-order valence-corrected chi connectivity index (χ0v) is 6.49. The fourth-order valence-corrected chi connectivity index (χ4v) is 0.915. The van der Waals surface area contributed by atoms with E-state index in [9.17, 15) is 0 Å². The first-order chi connectivity index (χ1) is 5.38. The molecule has 0 radical (unpaired) electrons. The fourth-order valence-electron chi connectivity index (χ4n) is 0.915. The minimum absolute atomic E-state index is 0.0452. The summed E-state index contributed by atoms with van der Waals surface area (Å²) in [4.78, 5) is 4.10. The zero-order valence-electron chi connectivity index (χ0n) is 6.49. The summed E-state index contributed by atoms with van der Waals surface area (Å²) in [6.45, 7) is 0.0769. The highest BCUT2D eigenvalue weighted by molar-refractivity contribution is 5.08. The number of rotatable bonds is 3. The maximum Gasteiger partial charge on any atom is 0.0727 e. The van der Waals surface area contributed by atoms with Crippen LogP contribution in [0.4, 0.5) is 0 Å². The highest BCUT2D eigenvalue weighted by Crippen LogP contribution is 2.06. The molecule has 0 spiro atoms. The molecule has 0 bridgehead atoms. The van der Waals surface area contributed by atoms with E-state index >= 15 is 0 Å². The predicted octanol–water partition coefficient (Wildman–Crippen LogP) is 0.334. The molecule has 60 valence electrons. The number of likely N-dealkylation sites (N-methyl/N-ethyl adjacent to an activating group) is 1. The average molecular weight is 152 g/mol. The summed E-state index contributed by atoms with van der Waals surface area (Å²) in [5.41, 5.74) is 0.873. The lowest BCUT2D eigenvalue weighted by molar-refractivity contribution is 0.248. The Morgan fingerprint density at radius 2 is 2.45 bits per heavy atom. The van der Waals surface area contributed by atoms with Gasteiger partial charge >= 0.3 is 0 Å². The summed E-state index contributed by atoms with van der Waals surface area (Å²) in [5, 5.41) is 11.8. The molecule has 3 nitrogen and oxygen atoms in total. The molecule has 1 aromatic rings. The molecule has 0 amide bonds. The minimum atomic E-state index is -0.0452. The Bertz CT molecular complexity index is 197. The molecule has 0 fully saturated rings. The zero-order chi connectivity index (χ0) is 8.10. The van der Waals surface area contributed by atoms with E-state index in [0.29, 0.717) is 0 Å². The summed E-state index contributed by atoms with van der Waals surface area (Å²) in [7, 11) is 1.80. The van der Waals surface area contributed by atoms with Crippen LogP contribution in [0.15, 0.2) is 24.4 Å². The number of nitrogens with zero attached hydrogens (tertiary/aromatic N) is 1. The lowest BCUT2D eigenvalue weighted by Crippen LogP contribution is -2.20. The Labute approximate surface area is 66.1 Å².